The van der Waals surface area contributed by atoms with Crippen molar-refractivity contribution in [3.8, 4) is 0 Å². The molecule has 0 aliphatic carbocycles. The lowest BCUT2D eigenvalue weighted by molar-refractivity contribution is -0.141. The molecular formula is C33H50N12O8. The molecule has 1 aromatic carbocycles. The zero-order chi connectivity index (χ0) is 39.0. The van der Waals surface area contributed by atoms with Crippen molar-refractivity contribution in [3.63, 3.8) is 0 Å². The molecule has 11 N–H and O–H groups in total. The van der Waals surface area contributed by atoms with Gasteiger partial charge in [0.25, 0.3) is 0 Å². The van der Waals surface area contributed by atoms with Crippen LogP contribution < -0.4 is 43.4 Å². The minimum Gasteiger partial charge on any atom is -0.481 e. The van der Waals surface area contributed by atoms with E-state index in [-0.39, 0.29) is 44.1 Å². The SMILES string of the molecule is [N-]=[N+]=NCCCCCC(=O)NCCCC[C@@H]1NC(=O)[C@@H](Cc2ccccc2)NC(=O)[C@H](CC(=O)O)NC(=O)CNC(=O)[C@H](CCCN=C(N)N)NC1=O. The number of carbonyl (C=O) groups excluding carboxylic acids is 6. The van der Waals surface area contributed by atoms with Gasteiger partial charge in [0.15, 0.2) is 5.96 Å². The molecule has 1 aliphatic rings. The molecule has 0 radical (unpaired) electrons. The molecule has 1 saturated heterocycles. The van der Waals surface area contributed by atoms with E-state index in [4.69, 9.17) is 17.0 Å². The number of carboxylic acids is 1. The van der Waals surface area contributed by atoms with Crippen LogP contribution in [0.4, 0.5) is 0 Å². The molecule has 290 valence electrons. The lowest BCUT2D eigenvalue weighted by Gasteiger charge is -2.26. The van der Waals surface area contributed by atoms with Crippen molar-refractivity contribution in [1.29, 1.82) is 0 Å². The first-order valence-corrected chi connectivity index (χ1v) is 17.5. The number of unbranched alkanes of at least 4 members (excludes halogenated alkanes) is 3. The molecule has 0 unspecified atom stereocenters. The number of guanidine groups is 1. The number of nitrogens with two attached hydrogens (primary N) is 2. The first kappa shape index (κ1) is 43.3. The van der Waals surface area contributed by atoms with Gasteiger partial charge in [-0.1, -0.05) is 41.9 Å². The Morgan fingerprint density at radius 1 is 0.792 bits per heavy atom. The molecule has 1 aromatic rings. The third kappa shape index (κ3) is 18.2. The fourth-order valence-corrected chi connectivity index (χ4v) is 5.32. The molecule has 0 saturated carbocycles. The molecule has 20 heteroatoms. The van der Waals surface area contributed by atoms with E-state index in [0.717, 1.165) is 6.42 Å². The normalized spacial score (nSPS) is 19.7. The fraction of sp³-hybridized carbons (Fsp3) is 0.576. The molecule has 1 fully saturated rings. The number of aliphatic imine (C=N–C) groups is 1. The van der Waals surface area contributed by atoms with Crippen LogP contribution in [0.2, 0.25) is 0 Å². The first-order chi connectivity index (χ1) is 25.4. The number of amides is 6. The molecule has 1 aliphatic heterocycles. The van der Waals surface area contributed by atoms with Crippen LogP contribution in [-0.2, 0) is 40.0 Å². The zero-order valence-corrected chi connectivity index (χ0v) is 29.6. The fourth-order valence-electron chi connectivity index (χ4n) is 5.32. The van der Waals surface area contributed by atoms with Crippen molar-refractivity contribution >= 4 is 47.4 Å². The zero-order valence-electron chi connectivity index (χ0n) is 29.6. The van der Waals surface area contributed by atoms with Crippen LogP contribution >= 0.6 is 0 Å². The summed E-state index contributed by atoms with van der Waals surface area (Å²) in [5.74, 6) is -5.77. The van der Waals surface area contributed by atoms with Gasteiger partial charge in [-0.25, -0.2) is 0 Å². The van der Waals surface area contributed by atoms with E-state index in [0.29, 0.717) is 50.8 Å². The van der Waals surface area contributed by atoms with Gasteiger partial charge in [0, 0.05) is 37.4 Å². The molecule has 0 spiro atoms. The Balaban J connectivity index is 2.29. The molecule has 20 nitrogen and oxygen atoms in total. The molecule has 6 amide bonds. The second-order valence-corrected chi connectivity index (χ2v) is 12.4. The largest absolute Gasteiger partial charge is 0.481 e. The number of nitrogens with zero attached hydrogens (tertiary/aromatic N) is 4. The monoisotopic (exact) mass is 742 g/mol. The van der Waals surface area contributed by atoms with Crippen molar-refractivity contribution in [2.75, 3.05) is 26.2 Å². The topological polar surface area (TPSA) is 325 Å². The Labute approximate surface area is 306 Å². The summed E-state index contributed by atoms with van der Waals surface area (Å²) < 4.78 is 0. The summed E-state index contributed by atoms with van der Waals surface area (Å²) in [5.41, 5.74) is 19.8. The maximum Gasteiger partial charge on any atom is 0.305 e. The van der Waals surface area contributed by atoms with Crippen LogP contribution in [0, 0.1) is 0 Å². The highest BCUT2D eigenvalue weighted by atomic mass is 16.4. The van der Waals surface area contributed by atoms with Gasteiger partial charge in [0.2, 0.25) is 35.4 Å². The molecule has 0 aromatic heterocycles. The van der Waals surface area contributed by atoms with Crippen LogP contribution in [0.5, 0.6) is 0 Å². The van der Waals surface area contributed by atoms with Crippen LogP contribution in [0.1, 0.15) is 69.8 Å². The Hall–Kier alpha value is -5.91. The quantitative estimate of drug-likeness (QED) is 0.0208. The molecule has 0 bridgehead atoms. The molecule has 4 atom stereocenters. The number of benzene rings is 1. The molecular weight excluding hydrogens is 692 g/mol. The summed E-state index contributed by atoms with van der Waals surface area (Å²) in [6.07, 6.45) is 2.69. The molecule has 53 heavy (non-hydrogen) atoms. The Morgan fingerprint density at radius 3 is 2.11 bits per heavy atom. The summed E-state index contributed by atoms with van der Waals surface area (Å²) in [6.45, 7) is 0.163. The summed E-state index contributed by atoms with van der Waals surface area (Å²) >= 11 is 0. The highest BCUT2D eigenvalue weighted by Gasteiger charge is 2.33. The van der Waals surface area contributed by atoms with Crippen molar-refractivity contribution in [2.24, 2.45) is 21.6 Å². The maximum atomic E-state index is 13.8. The van der Waals surface area contributed by atoms with Gasteiger partial charge < -0.3 is 48.5 Å². The van der Waals surface area contributed by atoms with Crippen LogP contribution in [-0.4, -0.2) is 103 Å². The highest BCUT2D eigenvalue weighted by molar-refractivity contribution is 5.98. The maximum absolute atomic E-state index is 13.8. The van der Waals surface area contributed by atoms with Gasteiger partial charge in [0.1, 0.15) is 24.2 Å². The average molecular weight is 743 g/mol. The lowest BCUT2D eigenvalue weighted by Crippen LogP contribution is -2.58. The van der Waals surface area contributed by atoms with Crippen molar-refractivity contribution < 1.29 is 38.7 Å². The third-order valence-electron chi connectivity index (χ3n) is 8.05. The Kier molecular flexibility index (Phi) is 19.8. The predicted octanol–water partition coefficient (Wildman–Crippen LogP) is -1.02. The van der Waals surface area contributed by atoms with Crippen molar-refractivity contribution in [2.45, 2.75) is 94.8 Å². The van der Waals surface area contributed by atoms with E-state index in [1.807, 2.05) is 0 Å². The number of carbonyl (C=O) groups is 7. The molecule has 1 heterocycles. The van der Waals surface area contributed by atoms with Gasteiger partial charge in [0.05, 0.1) is 13.0 Å². The summed E-state index contributed by atoms with van der Waals surface area (Å²) in [7, 11) is 0. The Bertz CT molecular complexity index is 1480. The number of aliphatic carboxylic acids is 1. The minimum absolute atomic E-state index is 0.0362. The average Bonchev–Trinajstić information content (AvgIpc) is 3.11. The van der Waals surface area contributed by atoms with Gasteiger partial charge >= 0.3 is 5.97 Å². The predicted molar refractivity (Wildman–Crippen MR) is 192 cm³/mol. The number of azide groups is 1. The standard InChI is InChI=1S/C33H50N12O8/c34-33(35)38-16-9-13-22-29(50)39-20-27(47)41-25(19-28(48)49)32(53)44-24(18-21-10-3-1-4-11-21)31(52)43-23(30(51)42-22)12-6-8-15-37-26(46)14-5-2-7-17-40-45-36/h1,3-4,10-11,22-25H,2,5-9,12-20H2,(H,37,46)(H,39,50)(H,41,47)(H,42,51)(H,43,52)(H,44,53)(H,48,49)(H4,34,35,38)/t22-,23-,24+,25-/m0/s1. The van der Waals surface area contributed by atoms with Gasteiger partial charge in [-0.3, -0.25) is 38.6 Å². The number of carboxylic acid groups (broad SMARTS) is 1. The lowest BCUT2D eigenvalue weighted by atomic mass is 10.0. The second-order valence-electron chi connectivity index (χ2n) is 12.4. The van der Waals surface area contributed by atoms with E-state index in [2.05, 4.69) is 46.9 Å². The van der Waals surface area contributed by atoms with Gasteiger partial charge in [-0.05, 0) is 56.0 Å². The first-order valence-electron chi connectivity index (χ1n) is 17.5. The van der Waals surface area contributed by atoms with Gasteiger partial charge in [-0.15, -0.1) is 0 Å². The van der Waals surface area contributed by atoms with Crippen molar-refractivity contribution in [1.82, 2.24) is 31.9 Å². The molecule has 2 rings (SSSR count). The van der Waals surface area contributed by atoms with Crippen LogP contribution in [0.3, 0.4) is 0 Å². The summed E-state index contributed by atoms with van der Waals surface area (Å²) in [4.78, 5) is 97.3. The highest BCUT2D eigenvalue weighted by Crippen LogP contribution is 2.09. The second kappa shape index (κ2) is 24.3. The number of rotatable bonds is 19. The number of nitrogens with one attached hydrogen (secondary N) is 6. The summed E-state index contributed by atoms with van der Waals surface area (Å²) in [5, 5.41) is 28.3. The smallest absolute Gasteiger partial charge is 0.305 e. The third-order valence-corrected chi connectivity index (χ3v) is 8.05. The van der Waals surface area contributed by atoms with E-state index in [1.54, 1.807) is 30.3 Å². The Morgan fingerprint density at radius 2 is 1.43 bits per heavy atom. The van der Waals surface area contributed by atoms with Crippen LogP contribution in [0.25, 0.3) is 10.4 Å². The van der Waals surface area contributed by atoms with E-state index >= 15 is 0 Å². The van der Waals surface area contributed by atoms with E-state index in [9.17, 15) is 38.7 Å². The van der Waals surface area contributed by atoms with Gasteiger partial charge in [-0.2, -0.15) is 0 Å². The minimum atomic E-state index is -1.59. The number of hydrogen-bond acceptors (Lipinski definition) is 9. The summed E-state index contributed by atoms with van der Waals surface area (Å²) in [6, 6.07) is 3.39. The van der Waals surface area contributed by atoms with E-state index in [1.165, 1.54) is 0 Å². The van der Waals surface area contributed by atoms with Crippen molar-refractivity contribution in [3.05, 3.63) is 46.3 Å². The van der Waals surface area contributed by atoms with Crippen LogP contribution in [0.15, 0.2) is 40.4 Å². The van der Waals surface area contributed by atoms with E-state index < -0.39 is 72.6 Å². The number of hydrogen-bond donors (Lipinski definition) is 9.